The fourth-order valence-corrected chi connectivity index (χ4v) is 2.62. The van der Waals surface area contributed by atoms with Crippen molar-refractivity contribution in [3.63, 3.8) is 0 Å². The molecule has 130 valence electrons. The van der Waals surface area contributed by atoms with Crippen LogP contribution in [-0.4, -0.2) is 11.1 Å². The lowest BCUT2D eigenvalue weighted by Gasteiger charge is -2.10. The monoisotopic (exact) mass is 364 g/mol. The molecule has 0 saturated heterocycles. The minimum atomic E-state index is -0.938. The van der Waals surface area contributed by atoms with Crippen LogP contribution in [0, 0.1) is 0 Å². The summed E-state index contributed by atoms with van der Waals surface area (Å²) in [4.78, 5) is 10.9. The van der Waals surface area contributed by atoms with E-state index < -0.39 is 5.97 Å². The number of benzene rings is 3. The molecule has 3 aromatic carbocycles. The van der Waals surface area contributed by atoms with Crippen LogP contribution < -0.4 is 4.74 Å². The molecule has 3 aromatic rings. The van der Waals surface area contributed by atoms with Gasteiger partial charge in [0, 0.05) is 10.6 Å². The van der Waals surface area contributed by atoms with Gasteiger partial charge < -0.3 is 9.84 Å². The Bertz CT molecular complexity index is 916. The molecule has 0 fully saturated rings. The first-order valence-electron chi connectivity index (χ1n) is 8.09. The maximum absolute atomic E-state index is 10.9. The fourth-order valence-electron chi connectivity index (χ4n) is 2.44. The first kappa shape index (κ1) is 17.8. The number of aromatic carboxylic acids is 1. The summed E-state index contributed by atoms with van der Waals surface area (Å²) >= 11 is 6.12. The molecule has 0 heterocycles. The average molecular weight is 365 g/mol. The summed E-state index contributed by atoms with van der Waals surface area (Å²) in [6, 6.07) is 22.1. The molecule has 0 aliphatic heterocycles. The van der Waals surface area contributed by atoms with Gasteiger partial charge in [-0.05, 0) is 41.5 Å². The van der Waals surface area contributed by atoms with Crippen LogP contribution in [0.2, 0.25) is 5.02 Å². The molecule has 0 bridgehead atoms. The van der Waals surface area contributed by atoms with Crippen LogP contribution in [-0.2, 0) is 6.61 Å². The van der Waals surface area contributed by atoms with Crippen molar-refractivity contribution < 1.29 is 14.6 Å². The highest BCUT2D eigenvalue weighted by atomic mass is 35.5. The van der Waals surface area contributed by atoms with Crippen molar-refractivity contribution in [2.24, 2.45) is 0 Å². The number of rotatable bonds is 6. The summed E-state index contributed by atoms with van der Waals surface area (Å²) in [6.45, 7) is 0.469. The summed E-state index contributed by atoms with van der Waals surface area (Å²) in [5.41, 5.74) is 3.10. The van der Waals surface area contributed by atoms with Crippen molar-refractivity contribution in [2.45, 2.75) is 6.61 Å². The van der Waals surface area contributed by atoms with Gasteiger partial charge >= 0.3 is 5.97 Å². The molecule has 0 radical (unpaired) electrons. The van der Waals surface area contributed by atoms with Gasteiger partial charge in [0.2, 0.25) is 0 Å². The highest BCUT2D eigenvalue weighted by molar-refractivity contribution is 6.30. The quantitative estimate of drug-likeness (QED) is 0.563. The largest absolute Gasteiger partial charge is 0.488 e. The van der Waals surface area contributed by atoms with Crippen molar-refractivity contribution in [3.8, 4) is 5.75 Å². The third kappa shape index (κ3) is 4.74. The number of ether oxygens (including phenoxy) is 1. The van der Waals surface area contributed by atoms with E-state index in [1.807, 2.05) is 54.6 Å². The van der Waals surface area contributed by atoms with E-state index in [4.69, 9.17) is 21.4 Å². The number of halogens is 1. The molecule has 0 spiro atoms. The Balaban J connectivity index is 1.77. The minimum absolute atomic E-state index is 0.261. The van der Waals surface area contributed by atoms with Crippen LogP contribution in [0.15, 0.2) is 72.8 Å². The molecule has 0 aromatic heterocycles. The highest BCUT2D eigenvalue weighted by Crippen LogP contribution is 2.26. The van der Waals surface area contributed by atoms with E-state index >= 15 is 0 Å². The number of hydrogen-bond acceptors (Lipinski definition) is 2. The summed E-state index contributed by atoms with van der Waals surface area (Å²) in [5.74, 6) is -0.205. The van der Waals surface area contributed by atoms with Crippen LogP contribution >= 0.6 is 11.6 Å². The van der Waals surface area contributed by atoms with Gasteiger partial charge in [-0.3, -0.25) is 0 Å². The zero-order valence-electron chi connectivity index (χ0n) is 13.9. The predicted octanol–water partition coefficient (Wildman–Crippen LogP) is 5.79. The normalized spacial score (nSPS) is 10.8. The van der Waals surface area contributed by atoms with Gasteiger partial charge in [0.05, 0.1) is 5.56 Å². The molecule has 3 rings (SSSR count). The molecule has 4 heteroatoms. The molecule has 0 amide bonds. The van der Waals surface area contributed by atoms with Crippen molar-refractivity contribution in [1.29, 1.82) is 0 Å². The smallest absolute Gasteiger partial charge is 0.335 e. The van der Waals surface area contributed by atoms with Gasteiger partial charge in [0.25, 0.3) is 0 Å². The zero-order valence-corrected chi connectivity index (χ0v) is 14.7. The second kappa shape index (κ2) is 8.37. The van der Waals surface area contributed by atoms with Crippen molar-refractivity contribution in [3.05, 3.63) is 100 Å². The molecule has 0 aliphatic rings. The zero-order chi connectivity index (χ0) is 18.4. The summed E-state index contributed by atoms with van der Waals surface area (Å²) in [7, 11) is 0. The van der Waals surface area contributed by atoms with Crippen LogP contribution in [0.3, 0.4) is 0 Å². The van der Waals surface area contributed by atoms with E-state index in [1.54, 1.807) is 30.3 Å². The maximum Gasteiger partial charge on any atom is 0.335 e. The van der Waals surface area contributed by atoms with E-state index in [2.05, 4.69) is 0 Å². The van der Waals surface area contributed by atoms with Crippen molar-refractivity contribution in [2.75, 3.05) is 0 Å². The van der Waals surface area contributed by atoms with Gasteiger partial charge in [-0.2, -0.15) is 0 Å². The summed E-state index contributed by atoms with van der Waals surface area (Å²) < 4.78 is 5.93. The number of hydrogen-bond donors (Lipinski definition) is 1. The van der Waals surface area contributed by atoms with Crippen LogP contribution in [0.1, 0.15) is 27.0 Å². The van der Waals surface area contributed by atoms with E-state index in [0.717, 1.165) is 22.4 Å². The van der Waals surface area contributed by atoms with Crippen molar-refractivity contribution >= 4 is 29.7 Å². The van der Waals surface area contributed by atoms with Crippen LogP contribution in [0.25, 0.3) is 12.2 Å². The van der Waals surface area contributed by atoms with Crippen molar-refractivity contribution in [1.82, 2.24) is 0 Å². The molecule has 0 atom stereocenters. The molecule has 26 heavy (non-hydrogen) atoms. The SMILES string of the molecule is O=C(O)c1ccc(C=Cc2cc(Cl)ccc2OCc2ccccc2)cc1. The minimum Gasteiger partial charge on any atom is -0.488 e. The number of carboxylic acids is 1. The Morgan fingerprint density at radius 2 is 1.69 bits per heavy atom. The summed E-state index contributed by atoms with van der Waals surface area (Å²) in [6.07, 6.45) is 3.80. The Labute approximate surface area is 157 Å². The van der Waals surface area contributed by atoms with E-state index in [0.29, 0.717) is 11.6 Å². The van der Waals surface area contributed by atoms with E-state index in [1.165, 1.54) is 0 Å². The molecular formula is C22H17ClO3. The average Bonchev–Trinajstić information content (AvgIpc) is 2.66. The Hall–Kier alpha value is -3.04. The standard InChI is InChI=1S/C22H17ClO3/c23-20-12-13-21(26-15-17-4-2-1-3-5-17)19(14-20)11-8-16-6-9-18(10-7-16)22(24)25/h1-14H,15H2,(H,24,25). The molecule has 0 saturated carbocycles. The molecular weight excluding hydrogens is 348 g/mol. The lowest BCUT2D eigenvalue weighted by atomic mass is 10.1. The number of carboxylic acid groups (broad SMARTS) is 1. The molecule has 1 N–H and O–H groups in total. The Kier molecular flexibility index (Phi) is 5.72. The first-order chi connectivity index (χ1) is 12.6. The third-order valence-electron chi connectivity index (χ3n) is 3.82. The second-order valence-corrected chi connectivity index (χ2v) is 6.15. The summed E-state index contributed by atoms with van der Waals surface area (Å²) in [5, 5.41) is 9.58. The Morgan fingerprint density at radius 3 is 2.38 bits per heavy atom. The van der Waals surface area contributed by atoms with Crippen LogP contribution in [0.5, 0.6) is 5.75 Å². The van der Waals surface area contributed by atoms with E-state index in [9.17, 15) is 4.79 Å². The predicted molar refractivity (Wildman–Crippen MR) is 105 cm³/mol. The van der Waals surface area contributed by atoms with Gasteiger partial charge in [0.1, 0.15) is 12.4 Å². The van der Waals surface area contributed by atoms with Gasteiger partial charge in [-0.25, -0.2) is 4.79 Å². The lowest BCUT2D eigenvalue weighted by Crippen LogP contribution is -1.96. The molecule has 0 unspecified atom stereocenters. The topological polar surface area (TPSA) is 46.5 Å². The van der Waals surface area contributed by atoms with E-state index in [-0.39, 0.29) is 5.56 Å². The van der Waals surface area contributed by atoms with Gasteiger partial charge in [-0.1, -0.05) is 66.2 Å². The third-order valence-corrected chi connectivity index (χ3v) is 4.06. The Morgan fingerprint density at radius 1 is 0.962 bits per heavy atom. The fraction of sp³-hybridized carbons (Fsp3) is 0.0455. The molecule has 0 aliphatic carbocycles. The lowest BCUT2D eigenvalue weighted by molar-refractivity contribution is 0.0697. The number of carbonyl (C=O) groups is 1. The second-order valence-electron chi connectivity index (χ2n) is 5.72. The highest BCUT2D eigenvalue weighted by Gasteiger charge is 2.04. The van der Waals surface area contributed by atoms with Gasteiger partial charge in [0.15, 0.2) is 0 Å². The van der Waals surface area contributed by atoms with Crippen LogP contribution in [0.4, 0.5) is 0 Å². The molecule has 3 nitrogen and oxygen atoms in total. The first-order valence-corrected chi connectivity index (χ1v) is 8.47. The van der Waals surface area contributed by atoms with Gasteiger partial charge in [-0.15, -0.1) is 0 Å². The maximum atomic E-state index is 10.9.